The second-order valence-corrected chi connectivity index (χ2v) is 10.7. The van der Waals surface area contributed by atoms with Crippen LogP contribution in [-0.2, 0) is 22.4 Å². The summed E-state index contributed by atoms with van der Waals surface area (Å²) in [4.78, 5) is 17.3. The molecule has 170 valence electrons. The van der Waals surface area contributed by atoms with Crippen molar-refractivity contribution in [2.75, 3.05) is 20.8 Å². The van der Waals surface area contributed by atoms with Crippen molar-refractivity contribution in [1.82, 2.24) is 0 Å². The van der Waals surface area contributed by atoms with E-state index < -0.39 is 5.97 Å². The molecule has 1 atom stereocenters. The van der Waals surface area contributed by atoms with Gasteiger partial charge in [-0.15, -0.1) is 11.3 Å². The molecule has 0 saturated carbocycles. The number of aliphatic imine (C=N–C) groups is 1. The Balaban J connectivity index is 1.87. The lowest BCUT2D eigenvalue weighted by Gasteiger charge is -2.33. The number of nitrogens with zero attached hydrogens (tertiary/aromatic N) is 2. The number of fused-ring (bicyclic) bond motifs is 1. The molecule has 1 aliphatic rings. The Morgan fingerprint density at radius 3 is 2.72 bits per heavy atom. The zero-order chi connectivity index (χ0) is 23.5. The lowest BCUT2D eigenvalue weighted by Crippen LogP contribution is -2.26. The van der Waals surface area contributed by atoms with Gasteiger partial charge in [-0.3, -0.25) is 0 Å². The van der Waals surface area contributed by atoms with Gasteiger partial charge in [0.1, 0.15) is 11.1 Å². The van der Waals surface area contributed by atoms with E-state index in [-0.39, 0.29) is 12.0 Å². The third kappa shape index (κ3) is 5.33. The van der Waals surface area contributed by atoms with Crippen LogP contribution in [0.5, 0.6) is 11.5 Å². The van der Waals surface area contributed by atoms with Gasteiger partial charge in [0.25, 0.3) is 0 Å². The van der Waals surface area contributed by atoms with Gasteiger partial charge in [0, 0.05) is 21.1 Å². The number of methoxy groups -OCH3 is 2. The highest BCUT2D eigenvalue weighted by molar-refractivity contribution is 9.10. The number of carbonyl (C=O) groups excluding carboxylic acids is 1. The molecule has 6 nitrogen and oxygen atoms in total. The fraction of sp³-hybridized carbons (Fsp3) is 0.458. The van der Waals surface area contributed by atoms with E-state index in [1.165, 1.54) is 19.1 Å². The number of hydrogen-bond acceptors (Lipinski definition) is 7. The Kier molecular flexibility index (Phi) is 7.63. The number of benzene rings is 1. The van der Waals surface area contributed by atoms with Gasteiger partial charge in [0.15, 0.2) is 18.1 Å². The summed E-state index contributed by atoms with van der Waals surface area (Å²) in [6, 6.07) is 5.87. The number of nitriles is 1. The number of carbonyl (C=O) groups is 1. The van der Waals surface area contributed by atoms with Gasteiger partial charge >= 0.3 is 5.97 Å². The Bertz CT molecular complexity index is 1080. The third-order valence-electron chi connectivity index (χ3n) is 5.76. The van der Waals surface area contributed by atoms with Gasteiger partial charge in [-0.1, -0.05) is 20.8 Å². The quantitative estimate of drug-likeness (QED) is 0.354. The smallest absolute Gasteiger partial charge is 0.343 e. The van der Waals surface area contributed by atoms with Crippen LogP contribution in [0, 0.1) is 22.7 Å². The Labute approximate surface area is 201 Å². The fourth-order valence-corrected chi connectivity index (χ4v) is 5.41. The minimum Gasteiger partial charge on any atom is -0.493 e. The molecule has 32 heavy (non-hydrogen) atoms. The van der Waals surface area contributed by atoms with E-state index in [0.717, 1.165) is 39.9 Å². The van der Waals surface area contributed by atoms with Gasteiger partial charge < -0.3 is 14.2 Å². The lowest BCUT2D eigenvalue weighted by molar-refractivity contribution is -0.142. The first-order valence-corrected chi connectivity index (χ1v) is 11.9. The van der Waals surface area contributed by atoms with Crippen LogP contribution < -0.4 is 9.47 Å². The summed E-state index contributed by atoms with van der Waals surface area (Å²) in [6.45, 7) is 6.63. The van der Waals surface area contributed by atoms with Crippen molar-refractivity contribution < 1.29 is 19.0 Å². The summed E-state index contributed by atoms with van der Waals surface area (Å²) >= 11 is 5.14. The minimum absolute atomic E-state index is 0.214. The second-order valence-electron chi connectivity index (χ2n) is 8.75. The predicted molar refractivity (Wildman–Crippen MR) is 129 cm³/mol. The van der Waals surface area contributed by atoms with E-state index in [9.17, 15) is 10.1 Å². The maximum atomic E-state index is 11.4. The van der Waals surface area contributed by atoms with E-state index in [4.69, 9.17) is 9.47 Å². The maximum absolute atomic E-state index is 11.4. The van der Waals surface area contributed by atoms with E-state index >= 15 is 0 Å². The first kappa shape index (κ1) is 24.3. The van der Waals surface area contributed by atoms with Crippen molar-refractivity contribution in [3.63, 3.8) is 0 Å². The van der Waals surface area contributed by atoms with E-state index in [0.29, 0.717) is 23.0 Å². The molecule has 0 fully saturated rings. The van der Waals surface area contributed by atoms with Crippen LogP contribution in [0.25, 0.3) is 0 Å². The molecule has 0 bridgehead atoms. The van der Waals surface area contributed by atoms with Crippen molar-refractivity contribution >= 4 is 44.5 Å². The van der Waals surface area contributed by atoms with Crippen LogP contribution in [0.3, 0.4) is 0 Å². The monoisotopic (exact) mass is 518 g/mol. The van der Waals surface area contributed by atoms with E-state index in [2.05, 4.69) is 52.5 Å². The van der Waals surface area contributed by atoms with Crippen molar-refractivity contribution in [1.29, 1.82) is 5.26 Å². The van der Waals surface area contributed by atoms with Gasteiger partial charge in [0.05, 0.1) is 19.8 Å². The molecule has 0 unspecified atom stereocenters. The summed E-state index contributed by atoms with van der Waals surface area (Å²) in [5, 5.41) is 10.5. The normalized spacial score (nSPS) is 15.8. The average Bonchev–Trinajstić information content (AvgIpc) is 3.12. The molecule has 3 rings (SSSR count). The summed E-state index contributed by atoms with van der Waals surface area (Å²) < 4.78 is 16.2. The largest absolute Gasteiger partial charge is 0.493 e. The van der Waals surface area contributed by atoms with Crippen molar-refractivity contribution in [3.05, 3.63) is 38.2 Å². The van der Waals surface area contributed by atoms with Gasteiger partial charge in [-0.2, -0.15) is 5.26 Å². The zero-order valence-electron chi connectivity index (χ0n) is 19.0. The highest BCUT2D eigenvalue weighted by Gasteiger charge is 2.32. The van der Waals surface area contributed by atoms with Gasteiger partial charge in [0.2, 0.25) is 0 Å². The zero-order valence-corrected chi connectivity index (χ0v) is 21.4. The summed E-state index contributed by atoms with van der Waals surface area (Å²) in [6.07, 6.45) is 4.74. The van der Waals surface area contributed by atoms with Gasteiger partial charge in [-0.05, 0) is 64.2 Å². The highest BCUT2D eigenvalue weighted by Crippen LogP contribution is 2.45. The van der Waals surface area contributed by atoms with Crippen molar-refractivity contribution in [3.8, 4) is 17.6 Å². The van der Waals surface area contributed by atoms with Crippen LogP contribution in [0.2, 0.25) is 0 Å². The first-order chi connectivity index (χ1) is 15.2. The highest BCUT2D eigenvalue weighted by atomic mass is 79.9. The fourth-order valence-electron chi connectivity index (χ4n) is 3.76. The Morgan fingerprint density at radius 2 is 2.09 bits per heavy atom. The minimum atomic E-state index is -0.479. The molecule has 1 heterocycles. The summed E-state index contributed by atoms with van der Waals surface area (Å²) in [7, 11) is 2.83. The molecule has 1 aromatic heterocycles. The van der Waals surface area contributed by atoms with Gasteiger partial charge in [-0.25, -0.2) is 9.79 Å². The SMILES string of the molecule is COC(=O)COc1cc(Br)c(C=Nc2sc3c(c2C#N)CC[C@@H](C(C)(C)C)C3)cc1OC. The molecule has 0 amide bonds. The molecule has 2 aromatic rings. The Hall–Kier alpha value is -2.37. The second kappa shape index (κ2) is 10.1. The Morgan fingerprint density at radius 1 is 1.34 bits per heavy atom. The molecule has 1 aromatic carbocycles. The molecular weight excluding hydrogens is 492 g/mol. The number of halogens is 1. The topological polar surface area (TPSA) is 80.9 Å². The number of thiophene rings is 1. The molecule has 0 saturated heterocycles. The van der Waals surface area contributed by atoms with E-state index in [1.54, 1.807) is 29.7 Å². The van der Waals surface area contributed by atoms with Crippen LogP contribution in [0.4, 0.5) is 5.00 Å². The summed E-state index contributed by atoms with van der Waals surface area (Å²) in [5.74, 6) is 1.01. The van der Waals surface area contributed by atoms with Crippen LogP contribution >= 0.6 is 27.3 Å². The standard InChI is InChI=1S/C24H27BrN2O4S/c1-24(2,3)15-6-7-16-17(11-26)23(32-21(16)9-15)27-12-14-8-19(29-4)20(10-18(14)25)31-13-22(28)30-5/h8,10,12,15H,6-7,9,13H2,1-5H3/t15-/m1/s1. The average molecular weight is 519 g/mol. The predicted octanol–water partition coefficient (Wildman–Crippen LogP) is 5.84. The van der Waals surface area contributed by atoms with Crippen LogP contribution in [-0.4, -0.2) is 33.0 Å². The number of esters is 1. The van der Waals surface area contributed by atoms with Crippen LogP contribution in [0.15, 0.2) is 21.6 Å². The molecule has 8 heteroatoms. The number of rotatable bonds is 6. The third-order valence-corrected chi connectivity index (χ3v) is 7.61. The molecule has 0 aliphatic heterocycles. The molecule has 0 radical (unpaired) electrons. The number of ether oxygens (including phenoxy) is 3. The first-order valence-electron chi connectivity index (χ1n) is 10.3. The lowest BCUT2D eigenvalue weighted by atomic mass is 9.72. The molecule has 0 N–H and O–H groups in total. The number of hydrogen-bond donors (Lipinski definition) is 0. The molecule has 1 aliphatic carbocycles. The van der Waals surface area contributed by atoms with Crippen molar-refractivity contribution in [2.24, 2.45) is 16.3 Å². The molecule has 0 spiro atoms. The van der Waals surface area contributed by atoms with Crippen LogP contribution in [0.1, 0.15) is 48.8 Å². The molecular formula is C24H27BrN2O4S. The maximum Gasteiger partial charge on any atom is 0.343 e. The summed E-state index contributed by atoms with van der Waals surface area (Å²) in [5.41, 5.74) is 2.87. The van der Waals surface area contributed by atoms with Crippen molar-refractivity contribution in [2.45, 2.75) is 40.0 Å². The van der Waals surface area contributed by atoms with E-state index in [1.807, 2.05) is 0 Å².